The molecule has 33 heavy (non-hydrogen) atoms. The van der Waals surface area contributed by atoms with Crippen LogP contribution in [0.5, 0.6) is 0 Å². The van der Waals surface area contributed by atoms with E-state index >= 15 is 0 Å². The minimum atomic E-state index is -0.504. The standard InChI is InChI=1S/C23H28BrN7O2/c1-2-7-31-14-17-20(19-16-13-15(24)4-5-18(16)26-22(19)32)27-23(28-21(17)29-31)25-6-3-8-30-9-11-33-12-10-30/h4-5,13-14,19H,2-3,6-12H2,1H3,(H,26,32)(H,25,28,29). The van der Waals surface area contributed by atoms with Gasteiger partial charge in [-0.1, -0.05) is 22.9 Å². The van der Waals surface area contributed by atoms with Crippen molar-refractivity contribution in [3.8, 4) is 0 Å². The quantitative estimate of drug-likeness (QED) is 0.446. The van der Waals surface area contributed by atoms with E-state index in [4.69, 9.17) is 9.72 Å². The Balaban J connectivity index is 1.43. The molecule has 1 saturated heterocycles. The van der Waals surface area contributed by atoms with Crippen LogP contribution < -0.4 is 10.6 Å². The van der Waals surface area contributed by atoms with Crippen molar-refractivity contribution in [1.29, 1.82) is 0 Å². The summed E-state index contributed by atoms with van der Waals surface area (Å²) >= 11 is 3.54. The number of morpholine rings is 1. The molecule has 0 radical (unpaired) electrons. The summed E-state index contributed by atoms with van der Waals surface area (Å²) in [4.78, 5) is 24.9. The van der Waals surface area contributed by atoms with Crippen molar-refractivity contribution >= 4 is 44.5 Å². The smallest absolute Gasteiger partial charge is 0.238 e. The van der Waals surface area contributed by atoms with E-state index in [1.165, 1.54) is 0 Å². The van der Waals surface area contributed by atoms with Crippen LogP contribution in [0.25, 0.3) is 11.0 Å². The first kappa shape index (κ1) is 22.2. The number of carbonyl (C=O) groups is 1. The molecule has 3 aromatic rings. The summed E-state index contributed by atoms with van der Waals surface area (Å²) in [6, 6.07) is 5.83. The molecular weight excluding hydrogens is 486 g/mol. The molecule has 0 aliphatic carbocycles. The van der Waals surface area contributed by atoms with Gasteiger partial charge in [0.05, 0.1) is 24.3 Å². The summed E-state index contributed by atoms with van der Waals surface area (Å²) in [5.74, 6) is -0.0711. The molecular formula is C23H28BrN7O2. The fraction of sp³-hybridized carbons (Fsp3) is 0.478. The minimum Gasteiger partial charge on any atom is -0.379 e. The van der Waals surface area contributed by atoms with Gasteiger partial charge in [-0.15, -0.1) is 0 Å². The highest BCUT2D eigenvalue weighted by Crippen LogP contribution is 2.40. The molecule has 174 valence electrons. The second-order valence-electron chi connectivity index (χ2n) is 8.45. The number of ether oxygens (including phenoxy) is 1. The number of hydrogen-bond donors (Lipinski definition) is 2. The highest BCUT2D eigenvalue weighted by Gasteiger charge is 2.35. The Kier molecular flexibility index (Phi) is 6.57. The van der Waals surface area contributed by atoms with Gasteiger partial charge in [0.15, 0.2) is 5.65 Å². The van der Waals surface area contributed by atoms with Crippen LogP contribution in [0, 0.1) is 0 Å². The first-order valence-corrected chi connectivity index (χ1v) is 12.3. The van der Waals surface area contributed by atoms with Gasteiger partial charge in [-0.25, -0.2) is 4.98 Å². The topological polar surface area (TPSA) is 97.2 Å². The largest absolute Gasteiger partial charge is 0.379 e. The second-order valence-corrected chi connectivity index (χ2v) is 9.37. The summed E-state index contributed by atoms with van der Waals surface area (Å²) in [5.41, 5.74) is 3.03. The maximum Gasteiger partial charge on any atom is 0.238 e. The van der Waals surface area contributed by atoms with Gasteiger partial charge >= 0.3 is 0 Å². The van der Waals surface area contributed by atoms with Crippen LogP contribution in [0.4, 0.5) is 11.6 Å². The van der Waals surface area contributed by atoms with E-state index in [9.17, 15) is 4.79 Å². The van der Waals surface area contributed by atoms with Crippen molar-refractivity contribution in [2.75, 3.05) is 50.0 Å². The van der Waals surface area contributed by atoms with E-state index in [1.54, 1.807) is 0 Å². The molecule has 10 heteroatoms. The number of rotatable bonds is 8. The van der Waals surface area contributed by atoms with Crippen molar-refractivity contribution in [3.05, 3.63) is 40.1 Å². The van der Waals surface area contributed by atoms with Crippen LogP contribution in [0.2, 0.25) is 0 Å². The van der Waals surface area contributed by atoms with E-state index in [0.29, 0.717) is 17.3 Å². The molecule has 9 nitrogen and oxygen atoms in total. The van der Waals surface area contributed by atoms with Crippen molar-refractivity contribution in [2.24, 2.45) is 0 Å². The number of amides is 1. The summed E-state index contributed by atoms with van der Waals surface area (Å²) in [6.07, 6.45) is 3.89. The number of hydrogen-bond acceptors (Lipinski definition) is 7. The van der Waals surface area contributed by atoms with E-state index < -0.39 is 5.92 Å². The van der Waals surface area contributed by atoms with Gasteiger partial charge in [0.25, 0.3) is 0 Å². The number of benzene rings is 1. The number of nitrogens with one attached hydrogen (secondary N) is 2. The van der Waals surface area contributed by atoms with E-state index in [-0.39, 0.29) is 5.91 Å². The fourth-order valence-electron chi connectivity index (χ4n) is 4.45. The Morgan fingerprint density at radius 3 is 2.91 bits per heavy atom. The zero-order valence-corrected chi connectivity index (χ0v) is 20.3. The highest BCUT2D eigenvalue weighted by molar-refractivity contribution is 9.10. The predicted molar refractivity (Wildman–Crippen MR) is 131 cm³/mol. The van der Waals surface area contributed by atoms with E-state index in [1.807, 2.05) is 29.1 Å². The van der Waals surface area contributed by atoms with Crippen molar-refractivity contribution in [2.45, 2.75) is 32.2 Å². The van der Waals surface area contributed by atoms with Gasteiger partial charge in [-0.3, -0.25) is 14.4 Å². The zero-order chi connectivity index (χ0) is 22.8. The van der Waals surface area contributed by atoms with Crippen LogP contribution in [0.15, 0.2) is 28.9 Å². The number of anilines is 2. The maximum absolute atomic E-state index is 13.0. The summed E-state index contributed by atoms with van der Waals surface area (Å²) in [5, 5.41) is 11.8. The van der Waals surface area contributed by atoms with Crippen molar-refractivity contribution < 1.29 is 9.53 Å². The number of carbonyl (C=O) groups excluding carboxylic acids is 1. The Labute approximate surface area is 201 Å². The highest BCUT2D eigenvalue weighted by atomic mass is 79.9. The predicted octanol–water partition coefficient (Wildman–Crippen LogP) is 3.22. The van der Waals surface area contributed by atoms with Gasteiger partial charge in [-0.05, 0) is 43.1 Å². The average molecular weight is 514 g/mol. The second kappa shape index (κ2) is 9.74. The summed E-state index contributed by atoms with van der Waals surface area (Å²) in [7, 11) is 0. The third kappa shape index (κ3) is 4.73. The normalized spacial score (nSPS) is 18.5. The third-order valence-electron chi connectivity index (χ3n) is 6.07. The van der Waals surface area contributed by atoms with Crippen LogP contribution in [0.1, 0.15) is 36.9 Å². The number of aromatic nitrogens is 4. The van der Waals surface area contributed by atoms with Gasteiger partial charge in [-0.2, -0.15) is 10.1 Å². The molecule has 0 bridgehead atoms. The molecule has 1 aromatic carbocycles. The minimum absolute atomic E-state index is 0.0791. The average Bonchev–Trinajstić information content (AvgIpc) is 3.36. The summed E-state index contributed by atoms with van der Waals surface area (Å²) < 4.78 is 8.23. The Morgan fingerprint density at radius 2 is 2.09 bits per heavy atom. The lowest BCUT2D eigenvalue weighted by Gasteiger charge is -2.26. The Bertz CT molecular complexity index is 1160. The number of fused-ring (bicyclic) bond motifs is 2. The van der Waals surface area contributed by atoms with Gasteiger partial charge in [0.1, 0.15) is 5.92 Å². The van der Waals surface area contributed by atoms with Crippen LogP contribution >= 0.6 is 15.9 Å². The van der Waals surface area contributed by atoms with Crippen LogP contribution in [0.3, 0.4) is 0 Å². The first-order valence-electron chi connectivity index (χ1n) is 11.5. The zero-order valence-electron chi connectivity index (χ0n) is 18.7. The molecule has 1 amide bonds. The lowest BCUT2D eigenvalue weighted by Crippen LogP contribution is -2.37. The molecule has 2 N–H and O–H groups in total. The number of halogens is 1. The molecule has 2 aliphatic rings. The number of nitrogens with zero attached hydrogens (tertiary/aromatic N) is 5. The molecule has 4 heterocycles. The Morgan fingerprint density at radius 1 is 1.24 bits per heavy atom. The molecule has 1 unspecified atom stereocenters. The molecule has 2 aromatic heterocycles. The first-order chi connectivity index (χ1) is 16.1. The molecule has 2 aliphatic heterocycles. The summed E-state index contributed by atoms with van der Waals surface area (Å²) in [6.45, 7) is 8.21. The molecule has 0 saturated carbocycles. The lowest BCUT2D eigenvalue weighted by atomic mass is 9.95. The SMILES string of the molecule is CCCn1cc2c(C3C(=O)Nc4ccc(Br)cc43)nc(NCCCN3CCOCC3)nc2n1. The van der Waals surface area contributed by atoms with Crippen molar-refractivity contribution in [1.82, 2.24) is 24.6 Å². The molecule has 1 fully saturated rings. The van der Waals surface area contributed by atoms with E-state index in [2.05, 4.69) is 48.5 Å². The van der Waals surface area contributed by atoms with Crippen LogP contribution in [-0.4, -0.2) is 69.9 Å². The molecule has 1 atom stereocenters. The van der Waals surface area contributed by atoms with Gasteiger partial charge < -0.3 is 15.4 Å². The fourth-order valence-corrected chi connectivity index (χ4v) is 4.83. The van der Waals surface area contributed by atoms with Crippen molar-refractivity contribution in [3.63, 3.8) is 0 Å². The van der Waals surface area contributed by atoms with Gasteiger partial charge in [0, 0.05) is 42.5 Å². The monoisotopic (exact) mass is 513 g/mol. The number of aryl methyl sites for hydroxylation is 1. The lowest BCUT2D eigenvalue weighted by molar-refractivity contribution is -0.116. The van der Waals surface area contributed by atoms with Gasteiger partial charge in [0.2, 0.25) is 11.9 Å². The van der Waals surface area contributed by atoms with Crippen LogP contribution in [-0.2, 0) is 16.1 Å². The molecule has 5 rings (SSSR count). The maximum atomic E-state index is 13.0. The van der Waals surface area contributed by atoms with E-state index in [0.717, 1.165) is 79.9 Å². The third-order valence-corrected chi connectivity index (χ3v) is 6.56. The Hall–Kier alpha value is -2.56. The molecule has 0 spiro atoms.